The summed E-state index contributed by atoms with van der Waals surface area (Å²) in [6.07, 6.45) is 6.83. The zero-order chi connectivity index (χ0) is 21.2. The molecule has 0 aliphatic rings. The summed E-state index contributed by atoms with van der Waals surface area (Å²) in [4.78, 5) is 12.4. The van der Waals surface area contributed by atoms with Crippen molar-refractivity contribution < 1.29 is 19.8 Å². The zero-order valence-electron chi connectivity index (χ0n) is 14.6. The van der Waals surface area contributed by atoms with Gasteiger partial charge in [0.05, 0.1) is 22.6 Å². The molecule has 3 aromatic rings. The maximum atomic E-state index is 8.36. The third-order valence-corrected chi connectivity index (χ3v) is 4.11. The van der Waals surface area contributed by atoms with Gasteiger partial charge in [-0.2, -0.15) is 0 Å². The number of rotatable bonds is 6. The summed E-state index contributed by atoms with van der Waals surface area (Å²) in [5.74, 6) is 1.04. The Morgan fingerprint density at radius 1 is 1.21 bits per heavy atom. The lowest BCUT2D eigenvalue weighted by Crippen LogP contribution is -2.04. The molecule has 3 rings (SSSR count). The van der Waals surface area contributed by atoms with E-state index in [9.17, 15) is 0 Å². The molecule has 0 saturated carbocycles. The van der Waals surface area contributed by atoms with Crippen LogP contribution in [0.1, 0.15) is 5.56 Å². The van der Waals surface area contributed by atoms with Crippen LogP contribution in [-0.2, 0) is 4.74 Å². The van der Waals surface area contributed by atoms with Crippen molar-refractivity contribution in [3.05, 3.63) is 91.9 Å². The second-order valence-corrected chi connectivity index (χ2v) is 6.45. The number of nitrogens with zero attached hydrogens (tertiary/aromatic N) is 3. The van der Waals surface area contributed by atoms with Crippen LogP contribution in [0.25, 0.3) is 12.0 Å². The minimum absolute atomic E-state index is 0.0385. The van der Waals surface area contributed by atoms with E-state index in [1.807, 2.05) is 12.1 Å². The Bertz CT molecular complexity index is 977. The summed E-state index contributed by atoms with van der Waals surface area (Å²) in [5, 5.41) is 15.2. The second-order valence-electron chi connectivity index (χ2n) is 5.20. The van der Waals surface area contributed by atoms with Crippen molar-refractivity contribution in [1.82, 2.24) is 9.55 Å². The van der Waals surface area contributed by atoms with Crippen LogP contribution in [0.2, 0.25) is 15.1 Å². The highest BCUT2D eigenvalue weighted by atomic mass is 35.5. The van der Waals surface area contributed by atoms with Gasteiger partial charge >= 0.3 is 0 Å². The number of hydrogen-bond donors (Lipinski definition) is 1. The van der Waals surface area contributed by atoms with Gasteiger partial charge in [-0.3, -0.25) is 0 Å². The summed E-state index contributed by atoms with van der Waals surface area (Å²) in [6.45, 7) is -0.0385. The first-order valence-corrected chi connectivity index (χ1v) is 8.98. The summed E-state index contributed by atoms with van der Waals surface area (Å²) < 4.78 is 13.1. The summed E-state index contributed by atoms with van der Waals surface area (Å²) >= 11 is 18.3. The van der Waals surface area contributed by atoms with Crippen molar-refractivity contribution in [3.63, 3.8) is 0 Å². The van der Waals surface area contributed by atoms with Crippen LogP contribution in [0, 0.1) is 10.1 Å². The molecule has 29 heavy (non-hydrogen) atoms. The Hall–Kier alpha value is -2.94. The molecule has 0 aliphatic heterocycles. The Morgan fingerprint density at radius 2 is 1.93 bits per heavy atom. The lowest BCUT2D eigenvalue weighted by atomic mass is 10.2. The van der Waals surface area contributed by atoms with Crippen molar-refractivity contribution >= 4 is 46.8 Å². The predicted molar refractivity (Wildman–Crippen MR) is 110 cm³/mol. The molecule has 0 bridgehead atoms. The number of benzene rings is 2. The molecular weight excluding hydrogens is 445 g/mol. The number of imidazole rings is 1. The van der Waals surface area contributed by atoms with E-state index in [0.717, 1.165) is 0 Å². The average Bonchev–Trinajstić information content (AvgIpc) is 3.15. The van der Waals surface area contributed by atoms with Gasteiger partial charge in [0.25, 0.3) is 5.09 Å². The van der Waals surface area contributed by atoms with Gasteiger partial charge in [0.15, 0.2) is 0 Å². The minimum Gasteiger partial charge on any atom is -0.456 e. The monoisotopic (exact) mass is 457 g/mol. The van der Waals surface area contributed by atoms with E-state index in [0.29, 0.717) is 32.1 Å². The Balaban J connectivity index is 0.000000687. The van der Waals surface area contributed by atoms with E-state index in [1.54, 1.807) is 59.8 Å². The van der Waals surface area contributed by atoms with Gasteiger partial charge in [-0.25, -0.2) is 4.98 Å². The number of ether oxygens (including phenoxy) is 2. The summed E-state index contributed by atoms with van der Waals surface area (Å²) in [5.41, 5.74) is 0.683. The molecule has 0 spiro atoms. The van der Waals surface area contributed by atoms with Crippen LogP contribution in [0.15, 0.2) is 61.2 Å². The first-order valence-electron chi connectivity index (χ1n) is 7.85. The molecule has 0 unspecified atom stereocenters. The smallest absolute Gasteiger partial charge is 0.291 e. The first-order chi connectivity index (χ1) is 13.9. The van der Waals surface area contributed by atoms with Crippen LogP contribution in [0.5, 0.6) is 5.75 Å². The Labute approximate surface area is 180 Å². The predicted octanol–water partition coefficient (Wildman–Crippen LogP) is 5.50. The van der Waals surface area contributed by atoms with E-state index in [-0.39, 0.29) is 6.79 Å². The first kappa shape index (κ1) is 22.4. The molecule has 0 fully saturated rings. The van der Waals surface area contributed by atoms with Crippen LogP contribution in [0.4, 0.5) is 0 Å². The Kier molecular flexibility index (Phi) is 8.60. The number of halogens is 3. The molecule has 0 saturated heterocycles. The summed E-state index contributed by atoms with van der Waals surface area (Å²) in [6, 6.07) is 12.3. The third kappa shape index (κ3) is 7.53. The maximum Gasteiger partial charge on any atom is 0.291 e. The zero-order valence-corrected chi connectivity index (χ0v) is 16.9. The van der Waals surface area contributed by atoms with Crippen LogP contribution < -0.4 is 4.74 Å². The van der Waals surface area contributed by atoms with E-state index in [4.69, 9.17) is 59.6 Å². The largest absolute Gasteiger partial charge is 0.456 e. The fraction of sp³-hybridized carbons (Fsp3) is 0.0556. The van der Waals surface area contributed by atoms with Gasteiger partial charge in [0, 0.05) is 23.0 Å². The van der Waals surface area contributed by atoms with E-state index in [1.165, 1.54) is 0 Å². The van der Waals surface area contributed by atoms with E-state index < -0.39 is 5.09 Å². The van der Waals surface area contributed by atoms with Gasteiger partial charge in [0.2, 0.25) is 6.79 Å². The maximum absolute atomic E-state index is 8.36. The van der Waals surface area contributed by atoms with Crippen LogP contribution >= 0.6 is 34.8 Å². The number of para-hydroxylation sites is 1. The van der Waals surface area contributed by atoms with Gasteiger partial charge in [-0.1, -0.05) is 46.9 Å². The number of aromatic nitrogens is 2. The summed E-state index contributed by atoms with van der Waals surface area (Å²) in [7, 11) is 0. The Morgan fingerprint density at radius 3 is 2.55 bits per heavy atom. The SMILES string of the molecule is Clc1ccc(C(=Cn2ccnc2)OCOc2ccccc2Cl)c(Cl)c1.O=[N+]([O-])O. The molecule has 1 heterocycles. The van der Waals surface area contributed by atoms with Crippen molar-refractivity contribution in [2.75, 3.05) is 6.79 Å². The fourth-order valence-electron chi connectivity index (χ4n) is 2.07. The van der Waals surface area contributed by atoms with E-state index in [2.05, 4.69) is 4.98 Å². The molecule has 11 heteroatoms. The molecule has 152 valence electrons. The molecule has 0 radical (unpaired) electrons. The molecule has 0 aliphatic carbocycles. The normalized spacial score (nSPS) is 10.7. The van der Waals surface area contributed by atoms with Crippen molar-refractivity contribution in [2.24, 2.45) is 0 Å². The minimum atomic E-state index is -1.50. The van der Waals surface area contributed by atoms with Gasteiger partial charge < -0.3 is 19.2 Å². The lowest BCUT2D eigenvalue weighted by molar-refractivity contribution is -0.742. The highest BCUT2D eigenvalue weighted by Crippen LogP contribution is 2.29. The molecule has 8 nitrogen and oxygen atoms in total. The fourth-order valence-corrected chi connectivity index (χ4v) is 2.77. The molecular formula is C18H14Cl3N3O5. The average molecular weight is 459 g/mol. The van der Waals surface area contributed by atoms with E-state index >= 15 is 0 Å². The van der Waals surface area contributed by atoms with Gasteiger partial charge in [-0.05, 0) is 30.3 Å². The van der Waals surface area contributed by atoms with Crippen molar-refractivity contribution in [3.8, 4) is 5.75 Å². The standard InChI is InChI=1S/C18H13Cl3N2O2.HNO3/c19-13-5-6-14(16(21)9-13)18(10-23-8-7-22-11-23)25-12-24-17-4-2-1-3-15(17)20;2-1(3)4/h1-11H,12H2;(H,2,3,4). The van der Waals surface area contributed by atoms with Gasteiger partial charge in [-0.15, -0.1) is 10.1 Å². The molecule has 2 aromatic carbocycles. The molecule has 1 N–H and O–H groups in total. The van der Waals surface area contributed by atoms with Crippen molar-refractivity contribution in [2.45, 2.75) is 0 Å². The third-order valence-electron chi connectivity index (χ3n) is 3.25. The van der Waals surface area contributed by atoms with Gasteiger partial charge in [0.1, 0.15) is 11.5 Å². The van der Waals surface area contributed by atoms with Crippen LogP contribution in [0.3, 0.4) is 0 Å². The molecule has 1 aromatic heterocycles. The highest BCUT2D eigenvalue weighted by Gasteiger charge is 2.10. The number of hydrogen-bond acceptors (Lipinski definition) is 5. The quantitative estimate of drug-likeness (QED) is 0.226. The topological polar surface area (TPSA) is 99.7 Å². The molecule has 0 amide bonds. The van der Waals surface area contributed by atoms with Crippen molar-refractivity contribution in [1.29, 1.82) is 0 Å². The van der Waals surface area contributed by atoms with Crippen LogP contribution in [-0.4, -0.2) is 26.6 Å². The highest BCUT2D eigenvalue weighted by molar-refractivity contribution is 6.35. The second kappa shape index (κ2) is 11.2. The molecule has 0 atom stereocenters. The lowest BCUT2D eigenvalue weighted by Gasteiger charge is -2.14.